The van der Waals surface area contributed by atoms with E-state index in [2.05, 4.69) is 4.99 Å². The number of carbonyl (C=O) groups is 1. The van der Waals surface area contributed by atoms with Gasteiger partial charge < -0.3 is 14.0 Å². The summed E-state index contributed by atoms with van der Waals surface area (Å²) in [7, 11) is 1.62. The zero-order valence-corrected chi connectivity index (χ0v) is 16.8. The lowest BCUT2D eigenvalue weighted by molar-refractivity contribution is 0.0998. The number of fused-ring (bicyclic) bond motifs is 1. The molecule has 0 atom stereocenters. The lowest BCUT2D eigenvalue weighted by atomic mass is 10.2. The minimum atomic E-state index is -3.31. The average Bonchev–Trinajstić information content (AvgIpc) is 2.94. The second-order valence-corrected chi connectivity index (χ2v) is 8.86. The molecule has 3 rings (SSSR count). The molecule has 0 aliphatic heterocycles. The van der Waals surface area contributed by atoms with Crippen molar-refractivity contribution < 1.29 is 22.7 Å². The van der Waals surface area contributed by atoms with E-state index in [1.54, 1.807) is 18.8 Å². The molecule has 2 aromatic carbocycles. The van der Waals surface area contributed by atoms with Gasteiger partial charge in [0.15, 0.2) is 26.1 Å². The SMILES string of the molecule is COc1cc2sc(=NC(=O)c3ccc(S(C)(=O)=O)cc3)n(C)c2cc1OC. The van der Waals surface area contributed by atoms with Crippen molar-refractivity contribution in [2.24, 2.45) is 12.0 Å². The molecule has 0 saturated heterocycles. The smallest absolute Gasteiger partial charge is 0.279 e. The molecule has 0 N–H and O–H groups in total. The predicted octanol–water partition coefficient (Wildman–Crippen LogP) is 2.40. The molecular formula is C18H18N2O5S2. The molecular weight excluding hydrogens is 388 g/mol. The van der Waals surface area contributed by atoms with E-state index in [4.69, 9.17) is 9.47 Å². The number of thiazole rings is 1. The Morgan fingerprint density at radius 2 is 1.67 bits per heavy atom. The van der Waals surface area contributed by atoms with Crippen molar-refractivity contribution in [1.82, 2.24) is 4.57 Å². The van der Waals surface area contributed by atoms with Crippen LogP contribution in [0.3, 0.4) is 0 Å². The average molecular weight is 406 g/mol. The maximum Gasteiger partial charge on any atom is 0.279 e. The van der Waals surface area contributed by atoms with Crippen LogP contribution in [0.5, 0.6) is 11.5 Å². The van der Waals surface area contributed by atoms with Crippen LogP contribution in [0, 0.1) is 0 Å². The molecule has 9 heteroatoms. The Balaban J connectivity index is 2.05. The Labute approximate surface area is 160 Å². The number of aromatic nitrogens is 1. The summed E-state index contributed by atoms with van der Waals surface area (Å²) in [4.78, 5) is 17.3. The number of hydrogen-bond donors (Lipinski definition) is 0. The van der Waals surface area contributed by atoms with Gasteiger partial charge in [-0.2, -0.15) is 4.99 Å². The van der Waals surface area contributed by atoms with Gasteiger partial charge in [-0.15, -0.1) is 0 Å². The Morgan fingerprint density at radius 1 is 1.07 bits per heavy atom. The number of rotatable bonds is 4. The van der Waals surface area contributed by atoms with Crippen LogP contribution in [0.2, 0.25) is 0 Å². The normalized spacial score (nSPS) is 12.4. The van der Waals surface area contributed by atoms with Gasteiger partial charge >= 0.3 is 0 Å². The van der Waals surface area contributed by atoms with E-state index in [0.717, 1.165) is 16.5 Å². The third kappa shape index (κ3) is 3.74. The topological polar surface area (TPSA) is 87.0 Å². The second-order valence-electron chi connectivity index (χ2n) is 5.83. The van der Waals surface area contributed by atoms with Crippen molar-refractivity contribution in [2.75, 3.05) is 20.5 Å². The molecule has 0 fully saturated rings. The number of methoxy groups -OCH3 is 2. The number of benzene rings is 2. The van der Waals surface area contributed by atoms with Crippen LogP contribution in [0.4, 0.5) is 0 Å². The molecule has 3 aromatic rings. The first-order chi connectivity index (χ1) is 12.7. The van der Waals surface area contributed by atoms with E-state index >= 15 is 0 Å². The van der Waals surface area contributed by atoms with Crippen LogP contribution in [0.15, 0.2) is 46.3 Å². The largest absolute Gasteiger partial charge is 0.493 e. The van der Waals surface area contributed by atoms with Crippen LogP contribution in [0.1, 0.15) is 10.4 Å². The van der Waals surface area contributed by atoms with E-state index < -0.39 is 15.7 Å². The highest BCUT2D eigenvalue weighted by molar-refractivity contribution is 7.90. The van der Waals surface area contributed by atoms with Gasteiger partial charge in [0.1, 0.15) is 0 Å². The second kappa shape index (κ2) is 7.16. The lowest BCUT2D eigenvalue weighted by Gasteiger charge is -2.07. The summed E-state index contributed by atoms with van der Waals surface area (Å²) in [5, 5.41) is 0. The summed E-state index contributed by atoms with van der Waals surface area (Å²) in [6.07, 6.45) is 1.12. The summed E-state index contributed by atoms with van der Waals surface area (Å²) in [6.45, 7) is 0. The van der Waals surface area contributed by atoms with Crippen molar-refractivity contribution >= 4 is 37.3 Å². The number of carbonyl (C=O) groups excluding carboxylic acids is 1. The summed E-state index contributed by atoms with van der Waals surface area (Å²) in [5.41, 5.74) is 1.17. The maximum absolute atomic E-state index is 12.5. The molecule has 0 radical (unpaired) electrons. The molecule has 0 aliphatic carbocycles. The summed E-state index contributed by atoms with van der Waals surface area (Å²) < 4.78 is 36.4. The third-order valence-corrected chi connectivity index (χ3v) is 6.26. The van der Waals surface area contributed by atoms with Crippen LogP contribution < -0.4 is 14.3 Å². The van der Waals surface area contributed by atoms with E-state index in [-0.39, 0.29) is 4.90 Å². The van der Waals surface area contributed by atoms with Crippen molar-refractivity contribution in [3.05, 3.63) is 46.8 Å². The van der Waals surface area contributed by atoms with E-state index in [0.29, 0.717) is 21.9 Å². The number of nitrogens with zero attached hydrogens (tertiary/aromatic N) is 2. The zero-order chi connectivity index (χ0) is 19.8. The predicted molar refractivity (Wildman–Crippen MR) is 103 cm³/mol. The molecule has 142 valence electrons. The minimum Gasteiger partial charge on any atom is -0.493 e. The van der Waals surface area contributed by atoms with Gasteiger partial charge in [-0.1, -0.05) is 11.3 Å². The van der Waals surface area contributed by atoms with Crippen molar-refractivity contribution in [2.45, 2.75) is 4.90 Å². The van der Waals surface area contributed by atoms with Gasteiger partial charge in [-0.3, -0.25) is 4.79 Å². The summed E-state index contributed by atoms with van der Waals surface area (Å²) in [6, 6.07) is 9.39. The van der Waals surface area contributed by atoms with Crippen molar-refractivity contribution in [1.29, 1.82) is 0 Å². The van der Waals surface area contributed by atoms with Gasteiger partial charge in [0.2, 0.25) is 0 Å². The first kappa shape index (κ1) is 19.1. The van der Waals surface area contributed by atoms with E-state index in [1.807, 2.05) is 19.2 Å². The maximum atomic E-state index is 12.5. The van der Waals surface area contributed by atoms with Crippen LogP contribution in [-0.2, 0) is 16.9 Å². The number of sulfone groups is 1. The Morgan fingerprint density at radius 3 is 2.22 bits per heavy atom. The molecule has 0 saturated carbocycles. The Kier molecular flexibility index (Phi) is 5.07. The molecule has 1 amide bonds. The van der Waals surface area contributed by atoms with E-state index in [1.165, 1.54) is 35.6 Å². The quantitative estimate of drug-likeness (QED) is 0.664. The molecule has 0 aliphatic rings. The number of amides is 1. The zero-order valence-electron chi connectivity index (χ0n) is 15.2. The van der Waals surface area contributed by atoms with Crippen molar-refractivity contribution in [3.8, 4) is 11.5 Å². The van der Waals surface area contributed by atoms with Crippen LogP contribution >= 0.6 is 11.3 Å². The standard InChI is InChI=1S/C18H18N2O5S2/c1-20-13-9-14(24-2)15(25-3)10-16(13)26-18(20)19-17(21)11-5-7-12(8-6-11)27(4,22)23/h5-10H,1-4H3. The summed E-state index contributed by atoms with van der Waals surface area (Å²) >= 11 is 1.35. The van der Waals surface area contributed by atoms with Gasteiger partial charge in [-0.05, 0) is 24.3 Å². The molecule has 27 heavy (non-hydrogen) atoms. The Hall–Kier alpha value is -2.65. The molecule has 7 nitrogen and oxygen atoms in total. The first-order valence-electron chi connectivity index (χ1n) is 7.85. The first-order valence-corrected chi connectivity index (χ1v) is 10.6. The highest BCUT2D eigenvalue weighted by Crippen LogP contribution is 2.33. The fraction of sp³-hybridized carbons (Fsp3) is 0.222. The molecule has 1 aromatic heterocycles. The molecule has 0 spiro atoms. The fourth-order valence-corrected chi connectivity index (χ4v) is 4.21. The summed E-state index contributed by atoms with van der Waals surface area (Å²) in [5.74, 6) is 0.741. The molecule has 1 heterocycles. The van der Waals surface area contributed by atoms with Gasteiger partial charge in [0, 0.05) is 31.0 Å². The Bertz CT molecular complexity index is 1190. The van der Waals surface area contributed by atoms with Crippen molar-refractivity contribution in [3.63, 3.8) is 0 Å². The number of ether oxygens (including phenoxy) is 2. The van der Waals surface area contributed by atoms with Gasteiger partial charge in [0.05, 0.1) is 29.3 Å². The van der Waals surface area contributed by atoms with E-state index in [9.17, 15) is 13.2 Å². The highest BCUT2D eigenvalue weighted by atomic mass is 32.2. The van der Waals surface area contributed by atoms with Crippen LogP contribution in [0.25, 0.3) is 10.2 Å². The fourth-order valence-electron chi connectivity index (χ4n) is 2.56. The third-order valence-electron chi connectivity index (χ3n) is 4.04. The molecule has 0 unspecified atom stereocenters. The van der Waals surface area contributed by atoms with Gasteiger partial charge in [0.25, 0.3) is 5.91 Å². The monoisotopic (exact) mass is 406 g/mol. The number of aryl methyl sites for hydroxylation is 1. The highest BCUT2D eigenvalue weighted by Gasteiger charge is 2.13. The lowest BCUT2D eigenvalue weighted by Crippen LogP contribution is -2.13. The molecule has 0 bridgehead atoms. The van der Waals surface area contributed by atoms with Gasteiger partial charge in [-0.25, -0.2) is 8.42 Å². The number of hydrogen-bond acceptors (Lipinski definition) is 6. The van der Waals surface area contributed by atoms with Crippen LogP contribution in [-0.4, -0.2) is 39.4 Å². The minimum absolute atomic E-state index is 0.158.